The van der Waals surface area contributed by atoms with Crippen molar-refractivity contribution < 1.29 is 8.78 Å². The van der Waals surface area contributed by atoms with Gasteiger partial charge in [-0.1, -0.05) is 0 Å². The molecule has 1 aromatic carbocycles. The molecule has 0 amide bonds. The van der Waals surface area contributed by atoms with Gasteiger partial charge in [0.05, 0.1) is 18.1 Å². The third kappa shape index (κ3) is 2.22. The van der Waals surface area contributed by atoms with Crippen molar-refractivity contribution in [2.45, 2.75) is 0 Å². The number of benzene rings is 1. The van der Waals surface area contributed by atoms with Crippen LogP contribution in [0.5, 0.6) is 0 Å². The normalized spacial score (nSPS) is 10.1. The molecule has 1 aromatic heterocycles. The van der Waals surface area contributed by atoms with E-state index in [0.717, 1.165) is 12.1 Å². The second-order valence-electron chi connectivity index (χ2n) is 3.08. The van der Waals surface area contributed by atoms with Crippen LogP contribution in [-0.2, 0) is 0 Å². The molecule has 0 fully saturated rings. The summed E-state index contributed by atoms with van der Waals surface area (Å²) in [7, 11) is 0. The summed E-state index contributed by atoms with van der Waals surface area (Å²) < 4.78 is 25.9. The molecule has 2 rings (SSSR count). The lowest BCUT2D eigenvalue weighted by molar-refractivity contribution is 0.586. The van der Waals surface area contributed by atoms with E-state index in [4.69, 9.17) is 5.73 Å². The van der Waals surface area contributed by atoms with Crippen molar-refractivity contribution in [1.29, 1.82) is 0 Å². The molecule has 0 aliphatic carbocycles. The molecule has 0 saturated heterocycles. The van der Waals surface area contributed by atoms with Crippen LogP contribution in [0.25, 0.3) is 0 Å². The molecule has 0 spiro atoms. The Morgan fingerprint density at radius 2 is 1.94 bits per heavy atom. The number of nitrogens with one attached hydrogen (secondary N) is 1. The third-order valence-electron chi connectivity index (χ3n) is 1.87. The highest BCUT2D eigenvalue weighted by molar-refractivity contribution is 5.56. The number of nitrogens with two attached hydrogens (primary N) is 1. The van der Waals surface area contributed by atoms with Crippen molar-refractivity contribution in [3.05, 3.63) is 42.2 Å². The number of anilines is 3. The molecule has 4 nitrogen and oxygen atoms in total. The van der Waals surface area contributed by atoms with Crippen molar-refractivity contribution >= 4 is 17.3 Å². The zero-order valence-electron chi connectivity index (χ0n) is 8.11. The van der Waals surface area contributed by atoms with E-state index in [1.54, 1.807) is 0 Å². The number of aromatic nitrogens is 2. The first-order valence-corrected chi connectivity index (χ1v) is 4.45. The molecule has 16 heavy (non-hydrogen) atoms. The quantitative estimate of drug-likeness (QED) is 0.816. The smallest absolute Gasteiger partial charge is 0.149 e. The van der Waals surface area contributed by atoms with Crippen molar-refractivity contribution in [1.82, 2.24) is 9.97 Å². The van der Waals surface area contributed by atoms with E-state index in [1.807, 2.05) is 0 Å². The van der Waals surface area contributed by atoms with Gasteiger partial charge in [0.1, 0.15) is 23.3 Å². The molecule has 0 atom stereocenters. The maximum Gasteiger partial charge on any atom is 0.149 e. The SMILES string of the molecule is Nc1cnc(Nc2ccc(F)cc2F)cn1. The second-order valence-corrected chi connectivity index (χ2v) is 3.08. The van der Waals surface area contributed by atoms with Gasteiger partial charge in [0.15, 0.2) is 0 Å². The molecule has 1 heterocycles. The van der Waals surface area contributed by atoms with E-state index in [-0.39, 0.29) is 11.5 Å². The van der Waals surface area contributed by atoms with E-state index in [9.17, 15) is 8.78 Å². The first-order valence-electron chi connectivity index (χ1n) is 4.45. The minimum atomic E-state index is -0.696. The van der Waals surface area contributed by atoms with E-state index in [1.165, 1.54) is 18.5 Å². The molecule has 0 aliphatic rings. The summed E-state index contributed by atoms with van der Waals surface area (Å²) in [5.74, 6) is -0.727. The number of hydrogen-bond donors (Lipinski definition) is 2. The molecular weight excluding hydrogens is 214 g/mol. The predicted octanol–water partition coefficient (Wildman–Crippen LogP) is 2.08. The molecule has 82 valence electrons. The molecule has 0 saturated carbocycles. The Morgan fingerprint density at radius 3 is 2.56 bits per heavy atom. The lowest BCUT2D eigenvalue weighted by Gasteiger charge is -2.06. The average Bonchev–Trinajstić information content (AvgIpc) is 2.25. The van der Waals surface area contributed by atoms with Gasteiger partial charge in [-0.3, -0.25) is 0 Å². The van der Waals surface area contributed by atoms with Crippen LogP contribution in [-0.4, -0.2) is 9.97 Å². The van der Waals surface area contributed by atoms with Crippen molar-refractivity contribution in [3.63, 3.8) is 0 Å². The molecular formula is C10H8F2N4. The molecule has 3 N–H and O–H groups in total. The summed E-state index contributed by atoms with van der Waals surface area (Å²) in [6.07, 6.45) is 2.70. The van der Waals surface area contributed by atoms with Crippen LogP contribution < -0.4 is 11.1 Å². The van der Waals surface area contributed by atoms with Gasteiger partial charge in [-0.05, 0) is 12.1 Å². The predicted molar refractivity (Wildman–Crippen MR) is 56.1 cm³/mol. The van der Waals surface area contributed by atoms with Gasteiger partial charge >= 0.3 is 0 Å². The van der Waals surface area contributed by atoms with Crippen LogP contribution in [0.15, 0.2) is 30.6 Å². The minimum Gasteiger partial charge on any atom is -0.382 e. The molecule has 0 unspecified atom stereocenters. The first-order chi connectivity index (χ1) is 7.65. The number of rotatable bonds is 2. The number of nitrogen functional groups attached to an aromatic ring is 1. The number of nitrogens with zero attached hydrogens (tertiary/aromatic N) is 2. The van der Waals surface area contributed by atoms with Crippen LogP contribution >= 0.6 is 0 Å². The van der Waals surface area contributed by atoms with E-state index in [2.05, 4.69) is 15.3 Å². The largest absolute Gasteiger partial charge is 0.382 e. The van der Waals surface area contributed by atoms with Gasteiger partial charge in [0.25, 0.3) is 0 Å². The van der Waals surface area contributed by atoms with Gasteiger partial charge in [-0.15, -0.1) is 0 Å². The fourth-order valence-corrected chi connectivity index (χ4v) is 1.13. The molecule has 0 aliphatic heterocycles. The van der Waals surface area contributed by atoms with Crippen molar-refractivity contribution in [2.75, 3.05) is 11.1 Å². The summed E-state index contributed by atoms with van der Waals surface area (Å²) >= 11 is 0. The van der Waals surface area contributed by atoms with E-state index >= 15 is 0 Å². The fourth-order valence-electron chi connectivity index (χ4n) is 1.13. The Bertz CT molecular complexity index is 499. The lowest BCUT2D eigenvalue weighted by atomic mass is 10.3. The maximum atomic E-state index is 13.2. The Kier molecular flexibility index (Phi) is 2.63. The first kappa shape index (κ1) is 10.3. The standard InChI is InChI=1S/C10H8F2N4/c11-6-1-2-8(7(12)3-6)16-10-5-14-9(13)4-15-10/h1-5H,(H2,13,14)(H,15,16). The van der Waals surface area contributed by atoms with Gasteiger partial charge in [-0.25, -0.2) is 18.7 Å². The topological polar surface area (TPSA) is 63.8 Å². The van der Waals surface area contributed by atoms with Gasteiger partial charge in [0.2, 0.25) is 0 Å². The highest BCUT2D eigenvalue weighted by Gasteiger charge is 2.04. The minimum absolute atomic E-state index is 0.125. The molecule has 2 aromatic rings. The number of hydrogen-bond acceptors (Lipinski definition) is 4. The average molecular weight is 222 g/mol. The lowest BCUT2D eigenvalue weighted by Crippen LogP contribution is -1.99. The van der Waals surface area contributed by atoms with E-state index in [0.29, 0.717) is 5.82 Å². The van der Waals surface area contributed by atoms with Gasteiger partial charge < -0.3 is 11.1 Å². The zero-order chi connectivity index (χ0) is 11.5. The van der Waals surface area contributed by atoms with Crippen LogP contribution in [0.4, 0.5) is 26.1 Å². The summed E-state index contributed by atoms with van der Waals surface area (Å²) in [4.78, 5) is 7.66. The Morgan fingerprint density at radius 1 is 1.12 bits per heavy atom. The van der Waals surface area contributed by atoms with Crippen LogP contribution in [0.3, 0.4) is 0 Å². The highest BCUT2D eigenvalue weighted by atomic mass is 19.1. The Labute approximate surface area is 90.1 Å². The fraction of sp³-hybridized carbons (Fsp3) is 0. The van der Waals surface area contributed by atoms with Gasteiger partial charge in [-0.2, -0.15) is 0 Å². The summed E-state index contributed by atoms with van der Waals surface area (Å²) in [5.41, 5.74) is 5.47. The Hall–Kier alpha value is -2.24. The Balaban J connectivity index is 2.23. The molecule has 0 radical (unpaired) electrons. The summed E-state index contributed by atoms with van der Waals surface area (Å²) in [5, 5.41) is 2.66. The highest BCUT2D eigenvalue weighted by Crippen LogP contribution is 2.18. The van der Waals surface area contributed by atoms with Crippen molar-refractivity contribution in [3.8, 4) is 0 Å². The summed E-state index contributed by atoms with van der Waals surface area (Å²) in [6, 6.07) is 3.21. The van der Waals surface area contributed by atoms with Gasteiger partial charge in [0, 0.05) is 6.07 Å². The summed E-state index contributed by atoms with van der Waals surface area (Å²) in [6.45, 7) is 0. The molecule has 6 heteroatoms. The van der Waals surface area contributed by atoms with E-state index < -0.39 is 11.6 Å². The monoisotopic (exact) mass is 222 g/mol. The molecule has 0 bridgehead atoms. The second kappa shape index (κ2) is 4.09. The van der Waals surface area contributed by atoms with Crippen LogP contribution in [0, 0.1) is 11.6 Å². The van der Waals surface area contributed by atoms with Crippen molar-refractivity contribution in [2.24, 2.45) is 0 Å². The van der Waals surface area contributed by atoms with Crippen LogP contribution in [0.2, 0.25) is 0 Å². The number of halogens is 2. The van der Waals surface area contributed by atoms with Crippen LogP contribution in [0.1, 0.15) is 0 Å². The zero-order valence-corrected chi connectivity index (χ0v) is 8.11. The maximum absolute atomic E-state index is 13.2. The third-order valence-corrected chi connectivity index (χ3v) is 1.87.